The number of carboxylic acid groups (broad SMARTS) is 1. The number of imidazole rings is 2. The fraction of sp³-hybridized carbons (Fsp3) is 0.283. The number of nitrogens with zero attached hydrogens (tertiary/aromatic N) is 24. The first-order valence-corrected chi connectivity index (χ1v) is 41.5. The number of fused-ring (bicyclic) bond motifs is 6. The monoisotopic (exact) mass is 1800 g/mol. The fourth-order valence-corrected chi connectivity index (χ4v) is 14.3. The summed E-state index contributed by atoms with van der Waals surface area (Å²) in [7, 11) is 0. The van der Waals surface area contributed by atoms with E-state index in [0.717, 1.165) is 49.3 Å². The van der Waals surface area contributed by atoms with Crippen molar-refractivity contribution >= 4 is 114 Å². The zero-order valence-corrected chi connectivity index (χ0v) is 73.2. The van der Waals surface area contributed by atoms with E-state index in [0.29, 0.717) is 99.0 Å². The van der Waals surface area contributed by atoms with Crippen LogP contribution in [0.1, 0.15) is 226 Å². The van der Waals surface area contributed by atoms with E-state index < -0.39 is 46.7 Å². The summed E-state index contributed by atoms with van der Waals surface area (Å²) in [5, 5.41) is 80.0. The number of aromatic carboxylic acids is 1. The van der Waals surface area contributed by atoms with Crippen LogP contribution in [0.4, 0.5) is 8.78 Å². The maximum atomic E-state index is 14.4. The first-order valence-electron chi connectivity index (χ1n) is 40.7. The molecule has 11 aromatic heterocycles. The van der Waals surface area contributed by atoms with Crippen LogP contribution in [-0.4, -0.2) is 124 Å². The second-order valence-electron chi connectivity index (χ2n) is 33.0. The van der Waals surface area contributed by atoms with E-state index in [1.54, 1.807) is 93.5 Å². The van der Waals surface area contributed by atoms with Gasteiger partial charge in [-0.1, -0.05) is 44.0 Å². The quantitative estimate of drug-likeness (QED) is 0.0179. The van der Waals surface area contributed by atoms with Crippen LogP contribution in [0.3, 0.4) is 0 Å². The molecular weight excluding hydrogens is 1730 g/mol. The number of nitrogens with one attached hydrogen (secondary N) is 1. The predicted octanol–water partition coefficient (Wildman–Crippen LogP) is 16.7. The Balaban J connectivity index is 0.000000139. The Bertz CT molecular complexity index is 7180. The van der Waals surface area contributed by atoms with Crippen molar-refractivity contribution in [2.45, 2.75) is 167 Å². The minimum absolute atomic E-state index is 0. The summed E-state index contributed by atoms with van der Waals surface area (Å²) in [4.78, 5) is 74.8. The van der Waals surface area contributed by atoms with Gasteiger partial charge >= 0.3 is 17.9 Å². The minimum atomic E-state index is -1.12. The van der Waals surface area contributed by atoms with Gasteiger partial charge in [-0.05, 0) is 252 Å². The molecule has 1 amide bonds. The molecule has 0 radical (unpaired) electrons. The molecule has 0 spiro atoms. The number of aromatic nitrogens is 17. The van der Waals surface area contributed by atoms with Gasteiger partial charge in [-0.2, -0.15) is 21.0 Å². The Hall–Kier alpha value is -15.3. The highest BCUT2D eigenvalue weighted by molar-refractivity contribution is 6.31. The first kappa shape index (κ1) is 92.4. The summed E-state index contributed by atoms with van der Waals surface area (Å²) < 4.78 is 45.5. The zero-order chi connectivity index (χ0) is 91.5. The number of pyridine rings is 6. The molecule has 4 aromatic carbocycles. The fourth-order valence-electron chi connectivity index (χ4n) is 14.0. The number of halogens is 5. The predicted molar refractivity (Wildman–Crippen MR) is 477 cm³/mol. The van der Waals surface area contributed by atoms with Crippen molar-refractivity contribution in [3.63, 3.8) is 0 Å². The summed E-state index contributed by atoms with van der Waals surface area (Å²) >= 11 is 11.5. The Labute approximate surface area is 757 Å². The normalized spacial score (nSPS) is 13.1. The smallest absolute Gasteiger partial charge is 0.384 e. The third-order valence-electron chi connectivity index (χ3n) is 20.6. The lowest BCUT2D eigenvalue weighted by Crippen LogP contribution is -2.24. The Morgan fingerprint density at radius 1 is 0.546 bits per heavy atom. The topological polar surface area (TPSA) is 467 Å². The van der Waals surface area contributed by atoms with E-state index in [2.05, 4.69) is 125 Å². The molecule has 0 bridgehead atoms. The number of carbonyl (C=O) groups excluding carboxylic acids is 3. The van der Waals surface area contributed by atoms with Gasteiger partial charge in [0.15, 0.2) is 28.7 Å². The van der Waals surface area contributed by atoms with Gasteiger partial charge < -0.3 is 34.4 Å². The van der Waals surface area contributed by atoms with Crippen LogP contribution < -0.4 is 11.1 Å². The van der Waals surface area contributed by atoms with Crippen molar-refractivity contribution < 1.29 is 42.5 Å². The molecule has 656 valence electrons. The van der Waals surface area contributed by atoms with Gasteiger partial charge in [-0.25, -0.2) is 47.2 Å². The molecule has 19 rings (SSSR count). The third-order valence-corrected chi connectivity index (χ3v) is 21.2. The van der Waals surface area contributed by atoms with Gasteiger partial charge in [0.1, 0.15) is 46.5 Å². The number of hydrogen-bond donors (Lipinski definition) is 3. The van der Waals surface area contributed by atoms with E-state index in [-0.39, 0.29) is 64.7 Å². The standard InChI is InChI=1S/C25H18ClFN8O.C21H21N5O2.C17H13N5O2.C14H11N5.C8H7ClFN3.C7H10O2.ClH/c26-19-3-4-34-13-31-20(24(34)22(19)27)10-30-25(36)21-12-35(33-32-21)11-14-5-16-7-18(15-1-2-15)9-29-23(16)17(6-14)8-28;1-21(2,3)28-20(27)18-12-26(25-24-18)11-13-6-15-8-17(14-4-5-14)10-23-19(15)16(7-13)9-22;18-6-13-4-10(8-22-9-15(17(23)24)20-21-22)3-12-5-14(11-1-2-11)7-19-16(12)13;15-6-12-4-9(7-18-19-16)3-11-5-13(10-1-2-10)8-17-14(11)12;9-5-1-2-13-4-12-6(3-11)8(13)7(5)10;1-5-6(8)9-7(2,3)4;/h3-7,9,12-13,15H,1-2,10-11H2,(H,30,36);6-8,10,12,14H,4-5,11H2,1-3H3;3-5,7,9,11H,1-2,8H2,(H,23,24);3-5,8,10H,1-2,7H2;1-2,4H,3,11H2;1H,2-4H3;1H. The molecule has 4 fully saturated rings. The van der Waals surface area contributed by atoms with Gasteiger partial charge in [0.25, 0.3) is 5.91 Å². The molecule has 11 heterocycles. The molecule has 4 aliphatic rings. The van der Waals surface area contributed by atoms with E-state index in [4.69, 9.17) is 55.5 Å². The summed E-state index contributed by atoms with van der Waals surface area (Å²) in [5.41, 5.74) is 27.4. The molecule has 4 saturated carbocycles. The highest BCUT2D eigenvalue weighted by Crippen LogP contribution is 2.44. The Morgan fingerprint density at radius 2 is 0.900 bits per heavy atom. The van der Waals surface area contributed by atoms with Crippen LogP contribution in [0.5, 0.6) is 0 Å². The molecule has 38 heteroatoms. The van der Waals surface area contributed by atoms with Crippen LogP contribution in [0.2, 0.25) is 10.0 Å². The van der Waals surface area contributed by atoms with E-state index in [1.165, 1.54) is 125 Å². The first-order chi connectivity index (χ1) is 62.0. The highest BCUT2D eigenvalue weighted by Gasteiger charge is 2.29. The summed E-state index contributed by atoms with van der Waals surface area (Å²) in [6, 6.07) is 35.1. The number of carboxylic acids is 1. The number of rotatable bonds is 18. The number of terminal acetylenes is 1. The van der Waals surface area contributed by atoms with Gasteiger partial charge in [-0.3, -0.25) is 24.7 Å². The van der Waals surface area contributed by atoms with E-state index in [1.807, 2.05) is 55.0 Å². The van der Waals surface area contributed by atoms with Gasteiger partial charge in [-0.15, -0.1) is 34.1 Å². The third kappa shape index (κ3) is 23.1. The van der Waals surface area contributed by atoms with Crippen molar-refractivity contribution in [3.05, 3.63) is 281 Å². The average Bonchev–Trinajstić information content (AvgIpc) is 1.43. The van der Waals surface area contributed by atoms with Crippen LogP contribution in [0.15, 0.2) is 158 Å². The molecule has 0 atom stereocenters. The maximum Gasteiger partial charge on any atom is 0.384 e. The largest absolute Gasteiger partial charge is 0.476 e. The molecule has 15 aromatic rings. The Morgan fingerprint density at radius 3 is 1.25 bits per heavy atom. The number of azide groups is 1. The molecule has 0 aliphatic heterocycles. The van der Waals surface area contributed by atoms with Crippen molar-refractivity contribution in [2.24, 2.45) is 10.8 Å². The molecule has 4 aliphatic carbocycles. The second kappa shape index (κ2) is 40.1. The molecular formula is C92H81Cl3F2N26O7. The molecule has 4 N–H and O–H groups in total. The SMILES string of the molecule is C#CC(=O)OC(C)(C)C.CC(C)(C)OC(=O)c1cn(Cc2cc(C#N)c3ncc(C4CC4)cc3c2)nn1.Cl.N#Cc1cc(CN=[N+]=[N-])cc2cc(C3CC3)cnc12.N#Cc1cc(Cn2cc(C(=O)NCc3ncn4ccc(Cl)c(F)c34)nn2)cc2cc(C3CC3)cnc12.N#Cc1cc(Cn2cc(C(=O)O)nn2)cc2cc(C3CC3)cnc12.NCc1ncn2ccc(Cl)c(F)c12. The minimum Gasteiger partial charge on any atom is -0.476 e. The van der Waals surface area contributed by atoms with Gasteiger partial charge in [0.05, 0.1) is 130 Å². The number of nitriles is 4. The zero-order valence-electron chi connectivity index (χ0n) is 70.8. The van der Waals surface area contributed by atoms with Crippen LogP contribution in [0.25, 0.3) is 65.1 Å². The molecule has 130 heavy (non-hydrogen) atoms. The van der Waals surface area contributed by atoms with Crippen molar-refractivity contribution in [1.82, 2.24) is 89.0 Å². The van der Waals surface area contributed by atoms with Crippen LogP contribution >= 0.6 is 35.6 Å². The number of hydrogen-bond acceptors (Lipinski definition) is 24. The van der Waals surface area contributed by atoms with Gasteiger partial charge in [0, 0.05) is 76.1 Å². The molecule has 33 nitrogen and oxygen atoms in total. The van der Waals surface area contributed by atoms with Crippen molar-refractivity contribution in [3.8, 4) is 36.6 Å². The number of esters is 2. The lowest BCUT2D eigenvalue weighted by atomic mass is 10.0. The van der Waals surface area contributed by atoms with E-state index in [9.17, 15) is 49.0 Å². The number of amides is 1. The maximum absolute atomic E-state index is 14.4. The lowest BCUT2D eigenvalue weighted by Gasteiger charge is -2.18. The lowest BCUT2D eigenvalue weighted by molar-refractivity contribution is -0.147. The summed E-state index contributed by atoms with van der Waals surface area (Å²) in [6.07, 6.45) is 32.4. The average molecular weight is 1810 g/mol. The number of nitrogens with two attached hydrogens (primary N) is 1. The van der Waals surface area contributed by atoms with E-state index >= 15 is 0 Å². The second-order valence-corrected chi connectivity index (χ2v) is 33.8. The van der Waals surface area contributed by atoms with Crippen molar-refractivity contribution in [2.75, 3.05) is 0 Å². The van der Waals surface area contributed by atoms with Crippen molar-refractivity contribution in [1.29, 1.82) is 21.0 Å². The van der Waals surface area contributed by atoms with Crippen LogP contribution in [-0.2, 0) is 53.5 Å². The van der Waals surface area contributed by atoms with Gasteiger partial charge in [0.2, 0.25) is 0 Å². The number of benzene rings is 4. The molecule has 0 unspecified atom stereocenters. The molecule has 0 saturated heterocycles. The highest BCUT2D eigenvalue weighted by atomic mass is 35.5. The summed E-state index contributed by atoms with van der Waals surface area (Å²) in [6.45, 7) is 12.2. The number of ether oxygens (including phenoxy) is 2. The Kier molecular flexibility index (Phi) is 28.5. The van der Waals surface area contributed by atoms with Crippen LogP contribution in [0, 0.1) is 69.3 Å². The number of carbonyl (C=O) groups is 4. The summed E-state index contributed by atoms with van der Waals surface area (Å²) in [5.74, 6) is 0.456.